The molecule has 0 fully saturated rings. The SMILES string of the molecule is CCOC(=O)C(C)Nc1nnc(C(F)(F)F)s1. The molecule has 0 amide bonds. The fourth-order valence-corrected chi connectivity index (χ4v) is 1.61. The highest BCUT2D eigenvalue weighted by Crippen LogP contribution is 2.33. The van der Waals surface area contributed by atoms with Crippen LogP contribution in [0.15, 0.2) is 0 Å². The van der Waals surface area contributed by atoms with E-state index in [0.717, 1.165) is 0 Å². The summed E-state index contributed by atoms with van der Waals surface area (Å²) in [5.41, 5.74) is 0. The van der Waals surface area contributed by atoms with Crippen LogP contribution in [0.4, 0.5) is 18.3 Å². The molecule has 1 N–H and O–H groups in total. The molecule has 0 saturated heterocycles. The molecule has 96 valence electrons. The van der Waals surface area contributed by atoms with Crippen molar-refractivity contribution in [2.24, 2.45) is 0 Å². The topological polar surface area (TPSA) is 64.1 Å². The number of ether oxygens (including phenoxy) is 1. The summed E-state index contributed by atoms with van der Waals surface area (Å²) in [6.07, 6.45) is -4.52. The first-order valence-corrected chi connectivity index (χ1v) is 5.50. The highest BCUT2D eigenvalue weighted by molar-refractivity contribution is 7.15. The summed E-state index contributed by atoms with van der Waals surface area (Å²) in [6, 6.07) is -0.774. The van der Waals surface area contributed by atoms with Crippen molar-refractivity contribution in [1.29, 1.82) is 0 Å². The van der Waals surface area contributed by atoms with Crippen LogP contribution in [0.3, 0.4) is 0 Å². The molecule has 0 saturated carbocycles. The lowest BCUT2D eigenvalue weighted by Crippen LogP contribution is -2.28. The van der Waals surface area contributed by atoms with Crippen LogP contribution in [-0.2, 0) is 15.7 Å². The van der Waals surface area contributed by atoms with Crippen molar-refractivity contribution in [2.45, 2.75) is 26.1 Å². The highest BCUT2D eigenvalue weighted by Gasteiger charge is 2.35. The molecule has 0 aromatic carbocycles. The Labute approximate surface area is 99.0 Å². The van der Waals surface area contributed by atoms with E-state index in [-0.39, 0.29) is 11.7 Å². The van der Waals surface area contributed by atoms with E-state index in [9.17, 15) is 18.0 Å². The van der Waals surface area contributed by atoms with E-state index >= 15 is 0 Å². The molecule has 1 heterocycles. The average Bonchev–Trinajstić information content (AvgIpc) is 2.66. The quantitative estimate of drug-likeness (QED) is 0.846. The Morgan fingerprint density at radius 3 is 2.65 bits per heavy atom. The maximum Gasteiger partial charge on any atom is 0.445 e. The van der Waals surface area contributed by atoms with E-state index in [1.807, 2.05) is 0 Å². The van der Waals surface area contributed by atoms with Crippen molar-refractivity contribution in [3.8, 4) is 0 Å². The van der Waals surface area contributed by atoms with E-state index in [0.29, 0.717) is 11.3 Å². The molecule has 1 atom stereocenters. The normalized spacial score (nSPS) is 13.2. The lowest BCUT2D eigenvalue weighted by atomic mass is 10.3. The number of carbonyl (C=O) groups is 1. The smallest absolute Gasteiger partial charge is 0.445 e. The Bertz CT molecular complexity index is 394. The summed E-state index contributed by atoms with van der Waals surface area (Å²) in [4.78, 5) is 11.2. The number of nitrogens with zero attached hydrogens (tertiary/aromatic N) is 2. The van der Waals surface area contributed by atoms with Gasteiger partial charge in [0.05, 0.1) is 6.61 Å². The number of carbonyl (C=O) groups excluding carboxylic acids is 1. The largest absolute Gasteiger partial charge is 0.464 e. The average molecular weight is 269 g/mol. The molecular formula is C8H10F3N3O2S. The Morgan fingerprint density at radius 2 is 2.18 bits per heavy atom. The highest BCUT2D eigenvalue weighted by atomic mass is 32.1. The van der Waals surface area contributed by atoms with Crippen LogP contribution in [-0.4, -0.2) is 28.8 Å². The summed E-state index contributed by atoms with van der Waals surface area (Å²) in [5.74, 6) is -0.559. The number of rotatable bonds is 4. The van der Waals surface area contributed by atoms with Gasteiger partial charge in [-0.2, -0.15) is 13.2 Å². The van der Waals surface area contributed by atoms with Crippen LogP contribution < -0.4 is 5.32 Å². The van der Waals surface area contributed by atoms with Gasteiger partial charge in [-0.25, -0.2) is 4.79 Å². The van der Waals surface area contributed by atoms with Gasteiger partial charge in [0.1, 0.15) is 6.04 Å². The number of alkyl halides is 3. The van der Waals surface area contributed by atoms with Gasteiger partial charge in [0.15, 0.2) is 0 Å². The van der Waals surface area contributed by atoms with Gasteiger partial charge in [-0.05, 0) is 13.8 Å². The zero-order valence-electron chi connectivity index (χ0n) is 9.04. The maximum absolute atomic E-state index is 12.2. The van der Waals surface area contributed by atoms with Gasteiger partial charge in [0, 0.05) is 0 Å². The van der Waals surface area contributed by atoms with Gasteiger partial charge in [-0.1, -0.05) is 11.3 Å². The zero-order chi connectivity index (χ0) is 13.1. The number of esters is 1. The third-order valence-electron chi connectivity index (χ3n) is 1.65. The minimum Gasteiger partial charge on any atom is -0.464 e. The Morgan fingerprint density at radius 1 is 1.53 bits per heavy atom. The Balaban J connectivity index is 2.64. The molecule has 0 spiro atoms. The third kappa shape index (κ3) is 3.84. The predicted octanol–water partition coefficient (Wildman–Crippen LogP) is 1.92. The van der Waals surface area contributed by atoms with Gasteiger partial charge in [-0.3, -0.25) is 0 Å². The van der Waals surface area contributed by atoms with E-state index in [4.69, 9.17) is 0 Å². The molecule has 0 radical (unpaired) electrons. The van der Waals surface area contributed by atoms with Crippen molar-refractivity contribution in [3.63, 3.8) is 0 Å². The molecule has 0 aliphatic heterocycles. The molecule has 1 aromatic heterocycles. The fraction of sp³-hybridized carbons (Fsp3) is 0.625. The summed E-state index contributed by atoms with van der Waals surface area (Å²) in [6.45, 7) is 3.30. The van der Waals surface area contributed by atoms with Crippen molar-refractivity contribution in [3.05, 3.63) is 5.01 Å². The van der Waals surface area contributed by atoms with Gasteiger partial charge >= 0.3 is 12.1 Å². The third-order valence-corrected chi connectivity index (χ3v) is 2.55. The summed E-state index contributed by atoms with van der Waals surface area (Å²) in [7, 11) is 0. The minimum absolute atomic E-state index is 0.0714. The number of anilines is 1. The van der Waals surface area contributed by atoms with Crippen LogP contribution in [0.2, 0.25) is 0 Å². The number of hydrogen-bond acceptors (Lipinski definition) is 6. The van der Waals surface area contributed by atoms with Gasteiger partial charge in [0.2, 0.25) is 10.1 Å². The number of hydrogen-bond donors (Lipinski definition) is 1. The number of nitrogens with one attached hydrogen (secondary N) is 1. The maximum atomic E-state index is 12.2. The second-order valence-electron chi connectivity index (χ2n) is 3.03. The molecule has 1 unspecified atom stereocenters. The van der Waals surface area contributed by atoms with Gasteiger partial charge in [0.25, 0.3) is 0 Å². The van der Waals surface area contributed by atoms with Crippen molar-refractivity contribution in [1.82, 2.24) is 10.2 Å². The van der Waals surface area contributed by atoms with Crippen molar-refractivity contribution >= 4 is 22.4 Å². The predicted molar refractivity (Wildman–Crippen MR) is 54.6 cm³/mol. The second kappa shape index (κ2) is 5.30. The van der Waals surface area contributed by atoms with E-state index in [1.165, 1.54) is 6.92 Å². The molecule has 0 aliphatic carbocycles. The first-order chi connectivity index (χ1) is 7.84. The molecule has 1 rings (SSSR count). The second-order valence-corrected chi connectivity index (χ2v) is 4.01. The minimum atomic E-state index is -4.52. The molecule has 5 nitrogen and oxygen atoms in total. The molecule has 1 aromatic rings. The van der Waals surface area contributed by atoms with Crippen molar-refractivity contribution < 1.29 is 22.7 Å². The van der Waals surface area contributed by atoms with Gasteiger partial charge < -0.3 is 10.1 Å². The first kappa shape index (κ1) is 13.7. The van der Waals surface area contributed by atoms with E-state index in [1.54, 1.807) is 6.92 Å². The Kier molecular flexibility index (Phi) is 4.27. The van der Waals surface area contributed by atoms with Crippen LogP contribution in [0, 0.1) is 0 Å². The van der Waals surface area contributed by atoms with E-state index < -0.39 is 23.2 Å². The number of halogens is 3. The molecular weight excluding hydrogens is 259 g/mol. The number of aromatic nitrogens is 2. The zero-order valence-corrected chi connectivity index (χ0v) is 9.85. The van der Waals surface area contributed by atoms with Crippen LogP contribution >= 0.6 is 11.3 Å². The van der Waals surface area contributed by atoms with Crippen molar-refractivity contribution in [2.75, 3.05) is 11.9 Å². The summed E-state index contributed by atoms with van der Waals surface area (Å²) >= 11 is 0.338. The molecule has 0 aliphatic rings. The monoisotopic (exact) mass is 269 g/mol. The van der Waals surface area contributed by atoms with Gasteiger partial charge in [-0.15, -0.1) is 10.2 Å². The van der Waals surface area contributed by atoms with Crippen LogP contribution in [0.1, 0.15) is 18.9 Å². The lowest BCUT2D eigenvalue weighted by molar-refractivity contribution is -0.143. The van der Waals surface area contributed by atoms with Crippen LogP contribution in [0.5, 0.6) is 0 Å². The standard InChI is InChI=1S/C8H10F3N3O2S/c1-3-16-5(15)4(2)12-7-14-13-6(17-7)8(9,10)11/h4H,3H2,1-2H3,(H,12,14). The van der Waals surface area contributed by atoms with E-state index in [2.05, 4.69) is 20.3 Å². The fourth-order valence-electron chi connectivity index (χ4n) is 0.908. The molecule has 0 bridgehead atoms. The Hall–Kier alpha value is -1.38. The summed E-state index contributed by atoms with van der Waals surface area (Å²) in [5, 5.41) is 7.63. The molecule has 17 heavy (non-hydrogen) atoms. The lowest BCUT2D eigenvalue weighted by Gasteiger charge is -2.10. The van der Waals surface area contributed by atoms with Crippen LogP contribution in [0.25, 0.3) is 0 Å². The first-order valence-electron chi connectivity index (χ1n) is 4.68. The molecule has 9 heteroatoms. The summed E-state index contributed by atoms with van der Waals surface area (Å²) < 4.78 is 41.3.